The molecule has 3 aromatic rings. The topological polar surface area (TPSA) is 71.1 Å². The molecule has 0 saturated heterocycles. The zero-order valence-electron chi connectivity index (χ0n) is 15.8. The Labute approximate surface area is 168 Å². The number of benzene rings is 2. The third-order valence-corrected chi connectivity index (χ3v) is 5.81. The molecule has 0 radical (unpaired) electrons. The second-order valence-electron chi connectivity index (χ2n) is 6.58. The Morgan fingerprint density at radius 2 is 1.97 bits per heavy atom. The number of fused-ring (bicyclic) bond motifs is 1. The molecule has 0 unspecified atom stereocenters. The standard InChI is InChI=1S/C21H21F2N3O2S/c1-15(11-16-5-6-18(22)12-20(16)23)13-25-9-10-26-29(27,28)21-4-2-3-17-14-24-8-7-19(17)21/h2-8,11-12,14,25-26H,9-10,13H2,1H3. The normalized spacial score (nSPS) is 12.4. The summed E-state index contributed by atoms with van der Waals surface area (Å²) in [5, 5.41) is 4.46. The minimum Gasteiger partial charge on any atom is -0.312 e. The van der Waals surface area contributed by atoms with Crippen molar-refractivity contribution < 1.29 is 17.2 Å². The number of aromatic nitrogens is 1. The molecule has 0 aliphatic carbocycles. The third-order valence-electron chi connectivity index (χ3n) is 4.29. The molecule has 0 atom stereocenters. The summed E-state index contributed by atoms with van der Waals surface area (Å²) >= 11 is 0. The van der Waals surface area contributed by atoms with Crippen molar-refractivity contribution in [1.82, 2.24) is 15.0 Å². The number of nitrogens with zero attached hydrogens (tertiary/aromatic N) is 1. The van der Waals surface area contributed by atoms with Gasteiger partial charge in [-0.25, -0.2) is 21.9 Å². The van der Waals surface area contributed by atoms with Crippen molar-refractivity contribution in [2.75, 3.05) is 19.6 Å². The van der Waals surface area contributed by atoms with Crippen LogP contribution in [-0.4, -0.2) is 33.0 Å². The maximum Gasteiger partial charge on any atom is 0.241 e. The largest absolute Gasteiger partial charge is 0.312 e. The van der Waals surface area contributed by atoms with Gasteiger partial charge in [0.25, 0.3) is 0 Å². The summed E-state index contributed by atoms with van der Waals surface area (Å²) in [5.41, 5.74) is 1.14. The van der Waals surface area contributed by atoms with Crippen LogP contribution in [0.1, 0.15) is 12.5 Å². The smallest absolute Gasteiger partial charge is 0.241 e. The summed E-state index contributed by atoms with van der Waals surface area (Å²) in [6.07, 6.45) is 4.80. The van der Waals surface area contributed by atoms with Crippen LogP contribution in [0.15, 0.2) is 65.3 Å². The predicted octanol–water partition coefficient (Wildman–Crippen LogP) is 3.48. The first kappa shape index (κ1) is 21.0. The highest BCUT2D eigenvalue weighted by molar-refractivity contribution is 7.89. The fourth-order valence-electron chi connectivity index (χ4n) is 2.90. The zero-order chi connectivity index (χ0) is 20.9. The molecule has 0 spiro atoms. The number of sulfonamides is 1. The molecule has 1 aromatic heterocycles. The summed E-state index contributed by atoms with van der Waals surface area (Å²) in [7, 11) is -3.66. The van der Waals surface area contributed by atoms with Crippen LogP contribution < -0.4 is 10.0 Å². The van der Waals surface area contributed by atoms with Gasteiger partial charge in [-0.2, -0.15) is 0 Å². The van der Waals surface area contributed by atoms with E-state index in [-0.39, 0.29) is 11.4 Å². The third kappa shape index (κ3) is 5.44. The lowest BCUT2D eigenvalue weighted by Gasteiger charge is -2.10. The highest BCUT2D eigenvalue weighted by atomic mass is 32.2. The Balaban J connectivity index is 1.54. The fourth-order valence-corrected chi connectivity index (χ4v) is 4.16. The summed E-state index contributed by atoms with van der Waals surface area (Å²) < 4.78 is 54.4. The van der Waals surface area contributed by atoms with Gasteiger partial charge in [-0.3, -0.25) is 4.98 Å². The van der Waals surface area contributed by atoms with Crippen molar-refractivity contribution >= 4 is 26.9 Å². The van der Waals surface area contributed by atoms with Crippen LogP contribution in [0.4, 0.5) is 8.78 Å². The van der Waals surface area contributed by atoms with E-state index >= 15 is 0 Å². The van der Waals surface area contributed by atoms with E-state index in [0.717, 1.165) is 17.0 Å². The molecule has 152 valence electrons. The van der Waals surface area contributed by atoms with Crippen molar-refractivity contribution in [2.45, 2.75) is 11.8 Å². The highest BCUT2D eigenvalue weighted by Gasteiger charge is 2.16. The monoisotopic (exact) mass is 417 g/mol. The second-order valence-corrected chi connectivity index (χ2v) is 8.32. The Hall–Kier alpha value is -2.68. The molecular weight excluding hydrogens is 396 g/mol. The van der Waals surface area contributed by atoms with E-state index in [4.69, 9.17) is 0 Å². The van der Waals surface area contributed by atoms with E-state index in [1.807, 2.05) is 13.0 Å². The molecule has 0 bridgehead atoms. The number of hydrogen-bond acceptors (Lipinski definition) is 4. The van der Waals surface area contributed by atoms with Gasteiger partial charge in [-0.1, -0.05) is 23.8 Å². The molecule has 0 saturated carbocycles. The van der Waals surface area contributed by atoms with Gasteiger partial charge < -0.3 is 5.32 Å². The van der Waals surface area contributed by atoms with Crippen LogP contribution in [0.5, 0.6) is 0 Å². The Bertz CT molecular complexity index is 1140. The lowest BCUT2D eigenvalue weighted by molar-refractivity contribution is 0.578. The molecular formula is C21H21F2N3O2S. The number of pyridine rings is 1. The molecule has 0 aliphatic heterocycles. The van der Waals surface area contributed by atoms with Crippen molar-refractivity contribution in [3.63, 3.8) is 0 Å². The summed E-state index contributed by atoms with van der Waals surface area (Å²) in [6.45, 7) is 2.84. The number of halogens is 2. The molecule has 3 rings (SSSR count). The van der Waals surface area contributed by atoms with Gasteiger partial charge in [0.05, 0.1) is 4.90 Å². The van der Waals surface area contributed by atoms with E-state index in [1.54, 1.807) is 36.7 Å². The van der Waals surface area contributed by atoms with Crippen LogP contribution in [0, 0.1) is 11.6 Å². The van der Waals surface area contributed by atoms with Gasteiger partial charge in [-0.15, -0.1) is 0 Å². The molecule has 0 amide bonds. The molecule has 0 aliphatic rings. The Morgan fingerprint density at radius 1 is 1.14 bits per heavy atom. The van der Waals surface area contributed by atoms with E-state index in [0.29, 0.717) is 24.0 Å². The van der Waals surface area contributed by atoms with Gasteiger partial charge in [0, 0.05) is 54.4 Å². The van der Waals surface area contributed by atoms with E-state index in [9.17, 15) is 17.2 Å². The van der Waals surface area contributed by atoms with Gasteiger partial charge >= 0.3 is 0 Å². The lowest BCUT2D eigenvalue weighted by Crippen LogP contribution is -2.32. The average molecular weight is 417 g/mol. The predicted molar refractivity (Wildman–Crippen MR) is 110 cm³/mol. The fraction of sp³-hybridized carbons (Fsp3) is 0.190. The summed E-state index contributed by atoms with van der Waals surface area (Å²) in [5.74, 6) is -1.24. The van der Waals surface area contributed by atoms with Crippen LogP contribution in [0.2, 0.25) is 0 Å². The van der Waals surface area contributed by atoms with E-state index in [2.05, 4.69) is 15.0 Å². The summed E-state index contributed by atoms with van der Waals surface area (Å²) in [4.78, 5) is 4.21. The molecule has 0 fully saturated rings. The van der Waals surface area contributed by atoms with Crippen LogP contribution in [-0.2, 0) is 10.0 Å². The second kappa shape index (κ2) is 9.21. The van der Waals surface area contributed by atoms with Crippen LogP contribution in [0.3, 0.4) is 0 Å². The maximum absolute atomic E-state index is 13.7. The first-order valence-electron chi connectivity index (χ1n) is 9.02. The molecule has 2 aromatic carbocycles. The quantitative estimate of drug-likeness (QED) is 0.551. The van der Waals surface area contributed by atoms with Gasteiger partial charge in [0.1, 0.15) is 11.6 Å². The average Bonchev–Trinajstić information content (AvgIpc) is 2.69. The molecule has 29 heavy (non-hydrogen) atoms. The highest BCUT2D eigenvalue weighted by Crippen LogP contribution is 2.21. The maximum atomic E-state index is 13.7. The number of rotatable bonds is 8. The van der Waals surface area contributed by atoms with Crippen molar-refractivity contribution in [3.8, 4) is 0 Å². The van der Waals surface area contributed by atoms with Gasteiger partial charge in [-0.05, 0) is 31.2 Å². The van der Waals surface area contributed by atoms with Crippen molar-refractivity contribution in [1.29, 1.82) is 0 Å². The van der Waals surface area contributed by atoms with Crippen LogP contribution >= 0.6 is 0 Å². The molecule has 1 heterocycles. The van der Waals surface area contributed by atoms with Gasteiger partial charge in [0.2, 0.25) is 10.0 Å². The zero-order valence-corrected chi connectivity index (χ0v) is 16.6. The Kier molecular flexibility index (Phi) is 6.68. The first-order valence-corrected chi connectivity index (χ1v) is 10.5. The number of hydrogen-bond donors (Lipinski definition) is 2. The molecule has 8 heteroatoms. The number of nitrogens with one attached hydrogen (secondary N) is 2. The van der Waals surface area contributed by atoms with E-state index in [1.165, 1.54) is 12.1 Å². The van der Waals surface area contributed by atoms with Crippen molar-refractivity contribution in [2.24, 2.45) is 0 Å². The Morgan fingerprint density at radius 3 is 2.76 bits per heavy atom. The molecule has 2 N–H and O–H groups in total. The minimum absolute atomic E-state index is 0.196. The lowest BCUT2D eigenvalue weighted by atomic mass is 10.1. The SMILES string of the molecule is CC(=Cc1ccc(F)cc1F)CNCCNS(=O)(=O)c1cccc2cnccc12. The minimum atomic E-state index is -3.66. The van der Waals surface area contributed by atoms with E-state index < -0.39 is 21.7 Å². The first-order chi connectivity index (χ1) is 13.9. The van der Waals surface area contributed by atoms with Gasteiger partial charge in [0.15, 0.2) is 0 Å². The van der Waals surface area contributed by atoms with Crippen molar-refractivity contribution in [3.05, 3.63) is 77.6 Å². The summed E-state index contributed by atoms with van der Waals surface area (Å²) in [6, 6.07) is 10.1. The van der Waals surface area contributed by atoms with Crippen LogP contribution in [0.25, 0.3) is 16.8 Å². The molecule has 5 nitrogen and oxygen atoms in total.